The van der Waals surface area contributed by atoms with Crippen LogP contribution in [0.15, 0.2) is 42.5 Å². The third-order valence-corrected chi connectivity index (χ3v) is 9.74. The maximum atomic E-state index is 15.3. The largest absolute Gasteiger partial charge is 0.506 e. The Bertz CT molecular complexity index is 1880. The van der Waals surface area contributed by atoms with Crippen LogP contribution in [-0.2, 0) is 29.4 Å². The number of amides is 4. The molecule has 3 aromatic rings. The number of likely N-dealkylation sites (tertiary alicyclic amines) is 1. The molecule has 3 aliphatic heterocycles. The molecule has 46 heavy (non-hydrogen) atoms. The summed E-state index contributed by atoms with van der Waals surface area (Å²) in [6.45, 7) is 0.484. The van der Waals surface area contributed by atoms with E-state index >= 15 is 8.78 Å². The van der Waals surface area contributed by atoms with Crippen molar-refractivity contribution in [3.05, 3.63) is 59.7 Å². The number of halogens is 2. The van der Waals surface area contributed by atoms with E-state index in [9.17, 15) is 32.7 Å². The van der Waals surface area contributed by atoms with E-state index in [1.54, 1.807) is 16.9 Å². The monoisotopic (exact) mass is 656 g/mol. The molecule has 0 bridgehead atoms. The van der Waals surface area contributed by atoms with Crippen LogP contribution in [0.3, 0.4) is 0 Å². The quantitative estimate of drug-likeness (QED) is 0.238. The van der Waals surface area contributed by atoms with Gasteiger partial charge < -0.3 is 15.7 Å². The summed E-state index contributed by atoms with van der Waals surface area (Å²) < 4.78 is 56.9. The van der Waals surface area contributed by atoms with E-state index < -0.39 is 57.7 Å². The number of hydrogen-bond acceptors (Lipinski definition) is 9. The minimum Gasteiger partial charge on any atom is -0.506 e. The van der Waals surface area contributed by atoms with Crippen molar-refractivity contribution >= 4 is 61.7 Å². The standard InChI is InChI=1S/C30H30F2N6O7S/c31-22-13-19(33-23-5-6-25(40)35-30(23)43)1-3-20(22)16-7-9-37(10-8-16)14-26(41)34-18-2-4-21-17(11-18)12-24(39)29(28(21)32)38-15-27(42)36-46(38,44)45/h1-4,11-13,16,23,33,39H,5-10,14-15H2,(H,34,41)(H,36,42)(H,35,40,43). The lowest BCUT2D eigenvalue weighted by atomic mass is 9.89. The van der Waals surface area contributed by atoms with Crippen molar-refractivity contribution < 1.29 is 41.5 Å². The zero-order valence-electron chi connectivity index (χ0n) is 24.3. The molecule has 242 valence electrons. The summed E-state index contributed by atoms with van der Waals surface area (Å²) in [7, 11) is -4.34. The fourth-order valence-electron chi connectivity index (χ4n) is 6.08. The van der Waals surface area contributed by atoms with Gasteiger partial charge in [0.15, 0.2) is 5.82 Å². The highest BCUT2D eigenvalue weighted by molar-refractivity contribution is 7.92. The van der Waals surface area contributed by atoms with Gasteiger partial charge in [-0.1, -0.05) is 6.07 Å². The van der Waals surface area contributed by atoms with Gasteiger partial charge in [0.05, 0.1) is 6.54 Å². The number of anilines is 3. The van der Waals surface area contributed by atoms with Crippen LogP contribution in [0.1, 0.15) is 37.2 Å². The first-order chi connectivity index (χ1) is 21.9. The predicted molar refractivity (Wildman–Crippen MR) is 163 cm³/mol. The molecule has 1 unspecified atom stereocenters. The van der Waals surface area contributed by atoms with E-state index in [0.29, 0.717) is 53.6 Å². The Labute approximate surface area is 262 Å². The molecule has 3 fully saturated rings. The summed E-state index contributed by atoms with van der Waals surface area (Å²) in [5, 5.41) is 18.6. The number of imide groups is 1. The van der Waals surface area contributed by atoms with E-state index in [1.165, 1.54) is 24.3 Å². The number of nitrogens with one attached hydrogen (secondary N) is 4. The molecule has 0 radical (unpaired) electrons. The Hall–Kier alpha value is -4.83. The first-order valence-corrected chi connectivity index (χ1v) is 16.0. The molecule has 4 amide bonds. The van der Waals surface area contributed by atoms with Gasteiger partial charge in [-0.3, -0.25) is 29.4 Å². The van der Waals surface area contributed by atoms with E-state index in [4.69, 9.17) is 0 Å². The van der Waals surface area contributed by atoms with E-state index in [-0.39, 0.29) is 41.5 Å². The van der Waals surface area contributed by atoms with Crippen LogP contribution in [0.2, 0.25) is 0 Å². The lowest BCUT2D eigenvalue weighted by Crippen LogP contribution is -2.47. The molecule has 13 nitrogen and oxygen atoms in total. The van der Waals surface area contributed by atoms with Crippen molar-refractivity contribution in [1.82, 2.24) is 14.9 Å². The molecule has 3 heterocycles. The van der Waals surface area contributed by atoms with Gasteiger partial charge in [0.1, 0.15) is 29.8 Å². The van der Waals surface area contributed by atoms with Crippen molar-refractivity contribution in [2.75, 3.05) is 41.1 Å². The molecule has 3 saturated heterocycles. The third kappa shape index (κ3) is 6.30. The Morgan fingerprint density at radius 1 is 0.978 bits per heavy atom. The number of nitrogens with zero attached hydrogens (tertiary/aromatic N) is 2. The molecule has 0 aliphatic carbocycles. The molecule has 1 atom stereocenters. The van der Waals surface area contributed by atoms with Crippen molar-refractivity contribution in [3.63, 3.8) is 0 Å². The second-order valence-electron chi connectivity index (χ2n) is 11.5. The summed E-state index contributed by atoms with van der Waals surface area (Å²) >= 11 is 0. The van der Waals surface area contributed by atoms with Gasteiger partial charge in [-0.15, -0.1) is 0 Å². The normalized spacial score (nSPS) is 20.4. The zero-order chi connectivity index (χ0) is 32.7. The highest BCUT2D eigenvalue weighted by atomic mass is 32.2. The molecule has 0 aromatic heterocycles. The van der Waals surface area contributed by atoms with Gasteiger partial charge in [-0.05, 0) is 85.6 Å². The number of fused-ring (bicyclic) bond motifs is 1. The summed E-state index contributed by atoms with van der Waals surface area (Å²) in [4.78, 5) is 49.7. The van der Waals surface area contributed by atoms with Crippen molar-refractivity contribution in [2.24, 2.45) is 0 Å². The smallest absolute Gasteiger partial charge is 0.326 e. The lowest BCUT2D eigenvalue weighted by molar-refractivity contribution is -0.133. The maximum absolute atomic E-state index is 15.3. The predicted octanol–water partition coefficient (Wildman–Crippen LogP) is 2.04. The Morgan fingerprint density at radius 2 is 1.72 bits per heavy atom. The second-order valence-corrected chi connectivity index (χ2v) is 13.1. The molecule has 5 N–H and O–H groups in total. The Balaban J connectivity index is 1.04. The lowest BCUT2D eigenvalue weighted by Gasteiger charge is -2.32. The topological polar surface area (TPSA) is 177 Å². The summed E-state index contributed by atoms with van der Waals surface area (Å²) in [6.07, 6.45) is 1.79. The van der Waals surface area contributed by atoms with Gasteiger partial charge in [0.25, 0.3) is 5.91 Å². The van der Waals surface area contributed by atoms with Crippen LogP contribution in [0.4, 0.5) is 25.8 Å². The number of carbonyl (C=O) groups excluding carboxylic acids is 4. The molecule has 3 aromatic carbocycles. The Morgan fingerprint density at radius 3 is 2.39 bits per heavy atom. The second kappa shape index (κ2) is 12.2. The number of hydrogen-bond donors (Lipinski definition) is 5. The minimum atomic E-state index is -4.34. The summed E-state index contributed by atoms with van der Waals surface area (Å²) in [5.74, 6) is -4.12. The molecule has 0 spiro atoms. The number of benzene rings is 3. The summed E-state index contributed by atoms with van der Waals surface area (Å²) in [5.41, 5.74) is 0.687. The van der Waals surface area contributed by atoms with Crippen LogP contribution in [0.25, 0.3) is 10.8 Å². The number of carbonyl (C=O) groups is 4. The van der Waals surface area contributed by atoms with Crippen molar-refractivity contribution in [1.29, 1.82) is 0 Å². The number of phenolic OH excluding ortho intramolecular Hbond substituents is 1. The van der Waals surface area contributed by atoms with Gasteiger partial charge in [0, 0.05) is 23.2 Å². The van der Waals surface area contributed by atoms with Crippen LogP contribution in [-0.4, -0.2) is 74.3 Å². The van der Waals surface area contributed by atoms with Gasteiger partial charge >= 0.3 is 10.2 Å². The van der Waals surface area contributed by atoms with E-state index in [0.717, 1.165) is 6.07 Å². The molecule has 3 aliphatic rings. The first kappa shape index (κ1) is 31.2. The highest BCUT2D eigenvalue weighted by Crippen LogP contribution is 2.39. The minimum absolute atomic E-state index is 0.0190. The van der Waals surface area contributed by atoms with Crippen LogP contribution in [0.5, 0.6) is 5.75 Å². The first-order valence-electron chi connectivity index (χ1n) is 14.6. The molecule has 0 saturated carbocycles. The van der Waals surface area contributed by atoms with E-state index in [1.807, 2.05) is 4.90 Å². The SMILES string of the molecule is O=C1CCC(Nc2ccc(C3CCN(CC(=O)Nc4ccc5c(F)c(N6CC(=O)NS6(=O)=O)c(O)cc5c4)CC3)c(F)c2)C(=O)N1. The van der Waals surface area contributed by atoms with Crippen LogP contribution < -0.4 is 25.0 Å². The zero-order valence-corrected chi connectivity index (χ0v) is 25.1. The van der Waals surface area contributed by atoms with Gasteiger partial charge in [-0.2, -0.15) is 8.42 Å². The number of piperidine rings is 2. The molecular weight excluding hydrogens is 626 g/mol. The fourth-order valence-corrected chi connectivity index (χ4v) is 7.25. The van der Waals surface area contributed by atoms with Crippen LogP contribution >= 0.6 is 0 Å². The summed E-state index contributed by atoms with van der Waals surface area (Å²) in [6, 6.07) is 9.52. The Kier molecular flexibility index (Phi) is 8.24. The average Bonchev–Trinajstić information content (AvgIpc) is 3.26. The van der Waals surface area contributed by atoms with E-state index in [2.05, 4.69) is 16.0 Å². The third-order valence-electron chi connectivity index (χ3n) is 8.36. The van der Waals surface area contributed by atoms with Gasteiger partial charge in [0.2, 0.25) is 17.7 Å². The van der Waals surface area contributed by atoms with Gasteiger partial charge in [-0.25, -0.2) is 17.8 Å². The number of aromatic hydroxyl groups is 1. The van der Waals surface area contributed by atoms with Crippen molar-refractivity contribution in [2.45, 2.75) is 37.6 Å². The highest BCUT2D eigenvalue weighted by Gasteiger charge is 2.38. The number of phenols is 1. The fraction of sp³-hybridized carbons (Fsp3) is 0.333. The maximum Gasteiger partial charge on any atom is 0.326 e. The average molecular weight is 657 g/mol. The molecule has 6 rings (SSSR count). The van der Waals surface area contributed by atoms with Crippen LogP contribution in [0, 0.1) is 11.6 Å². The molecule has 16 heteroatoms. The van der Waals surface area contributed by atoms with Crippen molar-refractivity contribution in [3.8, 4) is 5.75 Å². The number of rotatable bonds is 7. The molecular formula is C30H30F2N6O7S.